The average Bonchev–Trinajstić information content (AvgIpc) is 2.69. The van der Waals surface area contributed by atoms with E-state index in [1.54, 1.807) is 6.92 Å². The van der Waals surface area contributed by atoms with Crippen molar-refractivity contribution in [3.8, 4) is 0 Å². The van der Waals surface area contributed by atoms with Crippen LogP contribution in [-0.2, 0) is 4.74 Å². The number of rotatable bonds is 2. The van der Waals surface area contributed by atoms with Gasteiger partial charge in [-0.1, -0.05) is 0 Å². The number of esters is 1. The number of fused-ring (bicyclic) bond motifs is 1. The highest BCUT2D eigenvalue weighted by Gasteiger charge is 2.18. The molecule has 16 heavy (non-hydrogen) atoms. The lowest BCUT2D eigenvalue weighted by Gasteiger charge is -2.01. The maximum atomic E-state index is 13.6. The standard InChI is InChI=1S/C10H8BrFN2O2/c1-2-16-10(15)6-5-13-14-8(11)4-3-7(12)9(6)14/h3-5H,2H2,1H3. The Kier molecular flexibility index (Phi) is 2.91. The minimum absolute atomic E-state index is 0.118. The number of ether oxygens (including phenoxy) is 1. The minimum atomic E-state index is -0.575. The molecule has 2 aromatic rings. The van der Waals surface area contributed by atoms with Gasteiger partial charge in [0.2, 0.25) is 0 Å². The van der Waals surface area contributed by atoms with Crippen molar-refractivity contribution in [1.82, 2.24) is 9.61 Å². The molecule has 0 saturated heterocycles. The predicted molar refractivity (Wildman–Crippen MR) is 58.8 cm³/mol. The second kappa shape index (κ2) is 4.21. The van der Waals surface area contributed by atoms with Crippen LogP contribution >= 0.6 is 15.9 Å². The molecule has 0 fully saturated rings. The summed E-state index contributed by atoms with van der Waals surface area (Å²) >= 11 is 3.21. The predicted octanol–water partition coefficient (Wildman–Crippen LogP) is 2.41. The molecule has 0 radical (unpaired) electrons. The van der Waals surface area contributed by atoms with Crippen molar-refractivity contribution in [2.24, 2.45) is 0 Å². The lowest BCUT2D eigenvalue weighted by Crippen LogP contribution is -2.05. The molecule has 0 aliphatic heterocycles. The van der Waals surface area contributed by atoms with Crippen molar-refractivity contribution in [2.45, 2.75) is 6.92 Å². The first-order valence-corrected chi connectivity index (χ1v) is 5.43. The van der Waals surface area contributed by atoms with Gasteiger partial charge in [-0.3, -0.25) is 0 Å². The van der Waals surface area contributed by atoms with Gasteiger partial charge in [0.05, 0.1) is 12.8 Å². The Bertz CT molecular complexity index is 553. The molecule has 0 N–H and O–H groups in total. The summed E-state index contributed by atoms with van der Waals surface area (Å²) in [6.45, 7) is 1.93. The Hall–Kier alpha value is -1.43. The molecule has 0 aliphatic carbocycles. The van der Waals surface area contributed by atoms with E-state index < -0.39 is 11.8 Å². The SMILES string of the molecule is CCOC(=O)c1cnn2c(Br)ccc(F)c12. The molecule has 0 atom stereocenters. The quantitative estimate of drug-likeness (QED) is 0.629. The Morgan fingerprint density at radius 3 is 3.06 bits per heavy atom. The van der Waals surface area contributed by atoms with Crippen molar-refractivity contribution in [1.29, 1.82) is 0 Å². The summed E-state index contributed by atoms with van der Waals surface area (Å²) in [6.07, 6.45) is 1.29. The second-order valence-electron chi connectivity index (χ2n) is 3.04. The highest BCUT2D eigenvalue weighted by Crippen LogP contribution is 2.20. The molecular weight excluding hydrogens is 279 g/mol. The average molecular weight is 287 g/mol. The summed E-state index contributed by atoms with van der Waals surface area (Å²) < 4.78 is 20.3. The van der Waals surface area contributed by atoms with Crippen LogP contribution in [0.3, 0.4) is 0 Å². The third-order valence-electron chi connectivity index (χ3n) is 2.06. The highest BCUT2D eigenvalue weighted by molar-refractivity contribution is 9.10. The van der Waals surface area contributed by atoms with Crippen LogP contribution in [0.15, 0.2) is 22.9 Å². The summed E-state index contributed by atoms with van der Waals surface area (Å²) in [5, 5.41) is 3.91. The van der Waals surface area contributed by atoms with Gasteiger partial charge in [0.15, 0.2) is 0 Å². The van der Waals surface area contributed by atoms with Crippen LogP contribution in [0.1, 0.15) is 17.3 Å². The lowest BCUT2D eigenvalue weighted by atomic mass is 10.2. The fourth-order valence-electron chi connectivity index (χ4n) is 1.39. The van der Waals surface area contributed by atoms with Gasteiger partial charge in [-0.2, -0.15) is 5.10 Å². The molecule has 2 heterocycles. The van der Waals surface area contributed by atoms with Crippen molar-refractivity contribution in [2.75, 3.05) is 6.61 Å². The second-order valence-corrected chi connectivity index (χ2v) is 3.86. The van der Waals surface area contributed by atoms with E-state index in [9.17, 15) is 9.18 Å². The van der Waals surface area contributed by atoms with Crippen LogP contribution < -0.4 is 0 Å². The van der Waals surface area contributed by atoms with Gasteiger partial charge >= 0.3 is 5.97 Å². The van der Waals surface area contributed by atoms with E-state index in [2.05, 4.69) is 21.0 Å². The number of hydrogen-bond donors (Lipinski definition) is 0. The number of hydrogen-bond acceptors (Lipinski definition) is 3. The fourth-order valence-corrected chi connectivity index (χ4v) is 1.79. The van der Waals surface area contributed by atoms with E-state index >= 15 is 0 Å². The van der Waals surface area contributed by atoms with Gasteiger partial charge in [-0.05, 0) is 35.0 Å². The van der Waals surface area contributed by atoms with Crippen LogP contribution in [0.5, 0.6) is 0 Å². The normalized spacial score (nSPS) is 10.7. The summed E-state index contributed by atoms with van der Waals surface area (Å²) in [5.74, 6) is -1.08. The van der Waals surface area contributed by atoms with Gasteiger partial charge in [-0.25, -0.2) is 13.7 Å². The number of aromatic nitrogens is 2. The van der Waals surface area contributed by atoms with E-state index in [0.717, 1.165) is 0 Å². The zero-order valence-corrected chi connectivity index (χ0v) is 9.99. The Labute approximate surface area is 99.1 Å². The van der Waals surface area contributed by atoms with Crippen molar-refractivity contribution < 1.29 is 13.9 Å². The third-order valence-corrected chi connectivity index (χ3v) is 2.66. The first-order chi connectivity index (χ1) is 7.65. The van der Waals surface area contributed by atoms with Gasteiger partial charge in [0.1, 0.15) is 21.5 Å². The molecule has 84 valence electrons. The zero-order chi connectivity index (χ0) is 11.7. The van der Waals surface area contributed by atoms with Crippen LogP contribution in [-0.4, -0.2) is 22.2 Å². The molecule has 0 amide bonds. The molecule has 4 nitrogen and oxygen atoms in total. The maximum Gasteiger partial charge on any atom is 0.342 e. The largest absolute Gasteiger partial charge is 0.462 e. The molecule has 0 spiro atoms. The first-order valence-electron chi connectivity index (χ1n) is 4.64. The Morgan fingerprint density at radius 2 is 2.38 bits per heavy atom. The molecule has 0 unspecified atom stereocenters. The monoisotopic (exact) mass is 286 g/mol. The number of carbonyl (C=O) groups is 1. The fraction of sp³-hybridized carbons (Fsp3) is 0.200. The molecule has 0 aliphatic rings. The summed E-state index contributed by atoms with van der Waals surface area (Å²) in [7, 11) is 0. The van der Waals surface area contributed by atoms with Crippen molar-refractivity contribution in [3.05, 3.63) is 34.3 Å². The molecule has 0 bridgehead atoms. The third kappa shape index (κ3) is 1.69. The van der Waals surface area contributed by atoms with Crippen LogP contribution in [0.4, 0.5) is 4.39 Å². The van der Waals surface area contributed by atoms with E-state index in [-0.39, 0.29) is 17.7 Å². The number of halogens is 2. The topological polar surface area (TPSA) is 43.6 Å². The minimum Gasteiger partial charge on any atom is -0.462 e. The summed E-state index contributed by atoms with van der Waals surface area (Å²) in [5.41, 5.74) is 0.244. The molecule has 2 rings (SSSR count). The molecule has 0 saturated carbocycles. The Balaban J connectivity index is 2.64. The Morgan fingerprint density at radius 1 is 1.62 bits per heavy atom. The van der Waals surface area contributed by atoms with E-state index in [1.165, 1.54) is 22.8 Å². The highest BCUT2D eigenvalue weighted by atomic mass is 79.9. The van der Waals surface area contributed by atoms with Gasteiger partial charge in [-0.15, -0.1) is 0 Å². The van der Waals surface area contributed by atoms with Gasteiger partial charge in [0.25, 0.3) is 0 Å². The summed E-state index contributed by atoms with van der Waals surface area (Å²) in [4.78, 5) is 11.5. The smallest absolute Gasteiger partial charge is 0.342 e. The first kappa shape index (κ1) is 11.1. The van der Waals surface area contributed by atoms with Crippen molar-refractivity contribution in [3.63, 3.8) is 0 Å². The van der Waals surface area contributed by atoms with E-state index in [1.807, 2.05) is 0 Å². The van der Waals surface area contributed by atoms with Crippen LogP contribution in [0.2, 0.25) is 0 Å². The molecule has 0 aromatic carbocycles. The van der Waals surface area contributed by atoms with E-state index in [4.69, 9.17) is 4.74 Å². The van der Waals surface area contributed by atoms with E-state index in [0.29, 0.717) is 4.60 Å². The molecular formula is C10H8BrFN2O2. The number of carbonyl (C=O) groups excluding carboxylic acids is 1. The molecule has 2 aromatic heterocycles. The molecule has 6 heteroatoms. The van der Waals surface area contributed by atoms with Gasteiger partial charge < -0.3 is 4.74 Å². The lowest BCUT2D eigenvalue weighted by molar-refractivity contribution is 0.0528. The number of pyridine rings is 1. The zero-order valence-electron chi connectivity index (χ0n) is 8.41. The van der Waals surface area contributed by atoms with Gasteiger partial charge in [0, 0.05) is 0 Å². The number of nitrogens with zero attached hydrogens (tertiary/aromatic N) is 2. The van der Waals surface area contributed by atoms with Crippen molar-refractivity contribution >= 4 is 27.4 Å². The maximum absolute atomic E-state index is 13.6. The van der Waals surface area contributed by atoms with Crippen LogP contribution in [0, 0.1) is 5.82 Å². The summed E-state index contributed by atoms with van der Waals surface area (Å²) in [6, 6.07) is 2.79. The van der Waals surface area contributed by atoms with Crippen LogP contribution in [0.25, 0.3) is 5.52 Å².